The van der Waals surface area contributed by atoms with Crippen molar-refractivity contribution in [2.45, 2.75) is 31.9 Å². The number of piperidine rings is 1. The van der Waals surface area contributed by atoms with E-state index in [0.717, 1.165) is 43.9 Å². The third-order valence-corrected chi connectivity index (χ3v) is 5.72. The number of halogens is 2. The molecule has 3 aromatic rings. The van der Waals surface area contributed by atoms with Gasteiger partial charge in [0.1, 0.15) is 18.5 Å². The minimum atomic E-state index is -0.382. The van der Waals surface area contributed by atoms with Crippen LogP contribution in [0.15, 0.2) is 54.7 Å². The van der Waals surface area contributed by atoms with Gasteiger partial charge in [-0.15, -0.1) is 0 Å². The Kier molecular flexibility index (Phi) is 6.76. The first-order valence-electron chi connectivity index (χ1n) is 10.2. The first-order valence-corrected chi connectivity index (χ1v) is 10.6. The van der Waals surface area contributed by atoms with Gasteiger partial charge in [0.05, 0.1) is 11.3 Å². The van der Waals surface area contributed by atoms with Crippen LogP contribution in [0.5, 0.6) is 5.88 Å². The molecule has 0 N–H and O–H groups in total. The lowest BCUT2D eigenvalue weighted by Crippen LogP contribution is -2.33. The van der Waals surface area contributed by atoms with Gasteiger partial charge in [-0.25, -0.2) is 9.37 Å². The minimum Gasteiger partial charge on any atom is -0.473 e. The molecule has 0 amide bonds. The van der Waals surface area contributed by atoms with E-state index in [1.807, 2.05) is 18.2 Å². The van der Waals surface area contributed by atoms with Crippen LogP contribution in [0.3, 0.4) is 0 Å². The minimum absolute atomic E-state index is 0.107. The molecular formula is C24H22ClFN4O. The molecule has 0 radical (unpaired) electrons. The molecule has 0 bridgehead atoms. The van der Waals surface area contributed by atoms with Crippen LogP contribution in [0.2, 0.25) is 5.02 Å². The maximum Gasteiger partial charge on any atom is 0.213 e. The van der Waals surface area contributed by atoms with Crippen molar-refractivity contribution in [1.29, 1.82) is 5.26 Å². The standard InChI is InChI=1S/C24H22ClFN4O/c25-20-6-5-19(22(26)12-20)16-31-24-3-1-2-23(29-24)18-8-10-30(11-9-18)15-21-7-4-17(13-27)14-28-21/h1-7,12,14,18H,8-11,15-16H2. The number of nitriles is 1. The van der Waals surface area contributed by atoms with Crippen LogP contribution in [0, 0.1) is 17.1 Å². The highest BCUT2D eigenvalue weighted by molar-refractivity contribution is 6.30. The molecule has 0 spiro atoms. The number of hydrogen-bond acceptors (Lipinski definition) is 5. The van der Waals surface area contributed by atoms with Crippen molar-refractivity contribution in [2.75, 3.05) is 13.1 Å². The van der Waals surface area contributed by atoms with Crippen molar-refractivity contribution in [1.82, 2.24) is 14.9 Å². The summed E-state index contributed by atoms with van der Waals surface area (Å²) in [4.78, 5) is 11.4. The number of rotatable bonds is 6. The van der Waals surface area contributed by atoms with Crippen molar-refractivity contribution < 1.29 is 9.13 Å². The highest BCUT2D eigenvalue weighted by atomic mass is 35.5. The molecule has 5 nitrogen and oxygen atoms in total. The molecule has 1 aromatic carbocycles. The van der Waals surface area contributed by atoms with Crippen LogP contribution >= 0.6 is 11.6 Å². The first kappa shape index (κ1) is 21.2. The summed E-state index contributed by atoms with van der Waals surface area (Å²) in [5.41, 5.74) is 3.00. The summed E-state index contributed by atoms with van der Waals surface area (Å²) in [6, 6.07) is 16.1. The smallest absolute Gasteiger partial charge is 0.213 e. The summed E-state index contributed by atoms with van der Waals surface area (Å²) in [6.45, 7) is 2.79. The van der Waals surface area contributed by atoms with Crippen molar-refractivity contribution in [3.05, 3.63) is 88.1 Å². The Bertz CT molecular complexity index is 1080. The summed E-state index contributed by atoms with van der Waals surface area (Å²) in [6.07, 6.45) is 3.62. The monoisotopic (exact) mass is 436 g/mol. The quantitative estimate of drug-likeness (QED) is 0.538. The van der Waals surface area contributed by atoms with Gasteiger partial charge in [-0.2, -0.15) is 5.26 Å². The zero-order valence-corrected chi connectivity index (χ0v) is 17.7. The Hall–Kier alpha value is -3.01. The van der Waals surface area contributed by atoms with Gasteiger partial charge in [0.2, 0.25) is 5.88 Å². The van der Waals surface area contributed by atoms with Gasteiger partial charge in [-0.05, 0) is 56.3 Å². The molecule has 1 saturated heterocycles. The molecule has 7 heteroatoms. The lowest BCUT2D eigenvalue weighted by molar-refractivity contribution is 0.200. The van der Waals surface area contributed by atoms with E-state index in [0.29, 0.717) is 27.9 Å². The van der Waals surface area contributed by atoms with Gasteiger partial charge in [0, 0.05) is 41.0 Å². The summed E-state index contributed by atoms with van der Waals surface area (Å²) in [5.74, 6) is 0.477. The Balaban J connectivity index is 1.31. The molecule has 3 heterocycles. The van der Waals surface area contributed by atoms with Crippen molar-refractivity contribution in [3.8, 4) is 11.9 Å². The lowest BCUT2D eigenvalue weighted by atomic mass is 9.93. The number of hydrogen-bond donors (Lipinski definition) is 0. The van der Waals surface area contributed by atoms with E-state index in [2.05, 4.69) is 20.9 Å². The Labute approximate surface area is 186 Å². The van der Waals surface area contributed by atoms with Crippen LogP contribution in [0.1, 0.15) is 41.3 Å². The Morgan fingerprint density at radius 3 is 2.71 bits per heavy atom. The molecule has 2 aromatic heterocycles. The SMILES string of the molecule is N#Cc1ccc(CN2CCC(c3cccc(OCc4ccc(Cl)cc4F)n3)CC2)nc1. The second-order valence-corrected chi connectivity index (χ2v) is 8.06. The van der Waals surface area contributed by atoms with E-state index in [9.17, 15) is 4.39 Å². The molecule has 0 unspecified atom stereocenters. The van der Waals surface area contributed by atoms with Crippen LogP contribution in [0.4, 0.5) is 4.39 Å². The number of benzene rings is 1. The van der Waals surface area contributed by atoms with Gasteiger partial charge in [-0.1, -0.05) is 23.7 Å². The molecule has 0 aliphatic carbocycles. The third-order valence-electron chi connectivity index (χ3n) is 5.48. The normalized spacial score (nSPS) is 14.9. The highest BCUT2D eigenvalue weighted by Gasteiger charge is 2.22. The second-order valence-electron chi connectivity index (χ2n) is 7.63. The van der Waals surface area contributed by atoms with E-state index in [4.69, 9.17) is 21.6 Å². The highest BCUT2D eigenvalue weighted by Crippen LogP contribution is 2.28. The summed E-state index contributed by atoms with van der Waals surface area (Å²) in [5, 5.41) is 9.25. The van der Waals surface area contributed by atoms with E-state index in [1.54, 1.807) is 30.5 Å². The van der Waals surface area contributed by atoms with Crippen molar-refractivity contribution in [3.63, 3.8) is 0 Å². The Morgan fingerprint density at radius 1 is 1.16 bits per heavy atom. The van der Waals surface area contributed by atoms with Gasteiger partial charge < -0.3 is 4.74 Å². The fourth-order valence-electron chi connectivity index (χ4n) is 3.73. The van der Waals surface area contributed by atoms with Gasteiger partial charge in [-0.3, -0.25) is 9.88 Å². The summed E-state index contributed by atoms with van der Waals surface area (Å²) >= 11 is 5.80. The molecule has 0 saturated carbocycles. The zero-order valence-electron chi connectivity index (χ0n) is 17.0. The van der Waals surface area contributed by atoms with Gasteiger partial charge in [0.25, 0.3) is 0 Å². The van der Waals surface area contributed by atoms with Crippen LogP contribution < -0.4 is 4.74 Å². The largest absolute Gasteiger partial charge is 0.473 e. The summed E-state index contributed by atoms with van der Waals surface area (Å²) in [7, 11) is 0. The second kappa shape index (κ2) is 9.86. The molecule has 1 aliphatic heterocycles. The fraction of sp³-hybridized carbons (Fsp3) is 0.292. The van der Waals surface area contributed by atoms with Gasteiger partial charge in [0.15, 0.2) is 0 Å². The first-order chi connectivity index (χ1) is 15.1. The van der Waals surface area contributed by atoms with Crippen LogP contribution in [-0.2, 0) is 13.2 Å². The Morgan fingerprint density at radius 2 is 2.00 bits per heavy atom. The van der Waals surface area contributed by atoms with E-state index in [1.165, 1.54) is 6.07 Å². The van der Waals surface area contributed by atoms with E-state index >= 15 is 0 Å². The average Bonchev–Trinajstić information content (AvgIpc) is 2.80. The summed E-state index contributed by atoms with van der Waals surface area (Å²) < 4.78 is 19.7. The third kappa shape index (κ3) is 5.57. The molecule has 1 fully saturated rings. The van der Waals surface area contributed by atoms with Crippen molar-refractivity contribution >= 4 is 11.6 Å². The predicted molar refractivity (Wildman–Crippen MR) is 116 cm³/mol. The van der Waals surface area contributed by atoms with Crippen LogP contribution in [-0.4, -0.2) is 28.0 Å². The average molecular weight is 437 g/mol. The van der Waals surface area contributed by atoms with Crippen LogP contribution in [0.25, 0.3) is 0 Å². The molecular weight excluding hydrogens is 415 g/mol. The van der Waals surface area contributed by atoms with Gasteiger partial charge >= 0.3 is 0 Å². The number of aromatic nitrogens is 2. The number of likely N-dealkylation sites (tertiary alicyclic amines) is 1. The fourth-order valence-corrected chi connectivity index (χ4v) is 3.89. The predicted octanol–water partition coefficient (Wildman–Crippen LogP) is 5.10. The molecule has 158 valence electrons. The lowest BCUT2D eigenvalue weighted by Gasteiger charge is -2.31. The van der Waals surface area contributed by atoms with E-state index < -0.39 is 0 Å². The number of nitrogens with zero attached hydrogens (tertiary/aromatic N) is 4. The topological polar surface area (TPSA) is 62.0 Å². The maximum absolute atomic E-state index is 13.9. The molecule has 4 rings (SSSR count). The molecule has 31 heavy (non-hydrogen) atoms. The maximum atomic E-state index is 13.9. The molecule has 1 aliphatic rings. The number of ether oxygens (including phenoxy) is 1. The van der Waals surface area contributed by atoms with Crippen molar-refractivity contribution in [2.24, 2.45) is 0 Å². The zero-order chi connectivity index (χ0) is 21.6. The number of pyridine rings is 2. The van der Waals surface area contributed by atoms with E-state index in [-0.39, 0.29) is 12.4 Å². The molecule has 0 atom stereocenters.